The van der Waals surface area contributed by atoms with Gasteiger partial charge in [-0.1, -0.05) is 0 Å². The van der Waals surface area contributed by atoms with Crippen LogP contribution in [0.4, 0.5) is 4.79 Å². The minimum atomic E-state index is -1.23. The summed E-state index contributed by atoms with van der Waals surface area (Å²) in [6.07, 6.45) is -1.56. The van der Waals surface area contributed by atoms with Crippen molar-refractivity contribution in [1.82, 2.24) is 10.8 Å². The van der Waals surface area contributed by atoms with E-state index in [2.05, 4.69) is 0 Å². The van der Waals surface area contributed by atoms with Gasteiger partial charge in [0.1, 0.15) is 0 Å². The van der Waals surface area contributed by atoms with Crippen LogP contribution < -0.4 is 5.43 Å². The van der Waals surface area contributed by atoms with E-state index in [0.29, 0.717) is 0 Å². The van der Waals surface area contributed by atoms with Crippen LogP contribution in [-0.4, -0.2) is 28.7 Å². The molecule has 0 spiro atoms. The molecular formula is C7H16N2O4. The molecule has 0 rings (SSSR count). The number of carbonyl (C=O) groups is 1. The second-order valence-electron chi connectivity index (χ2n) is 2.98. The lowest BCUT2D eigenvalue weighted by Gasteiger charge is -2.23. The van der Waals surface area contributed by atoms with E-state index in [-0.39, 0.29) is 12.2 Å². The molecule has 6 nitrogen and oxygen atoms in total. The Morgan fingerprint density at radius 1 is 1.23 bits per heavy atom. The number of nitrogens with zero attached hydrogens (tertiary/aromatic N) is 1. The first-order valence-corrected chi connectivity index (χ1v) is 4.05. The molecule has 13 heavy (non-hydrogen) atoms. The minimum Gasteiger partial charge on any atom is -0.464 e. The maximum Gasteiger partial charge on any atom is 0.423 e. The summed E-state index contributed by atoms with van der Waals surface area (Å²) in [6, 6.07) is 0. The van der Waals surface area contributed by atoms with Gasteiger partial charge in [0.25, 0.3) is 0 Å². The van der Waals surface area contributed by atoms with Gasteiger partial charge in [-0.05, 0) is 27.7 Å². The number of hydrogen-bond acceptors (Lipinski definition) is 4. The Bertz CT molecular complexity index is 151. The second kappa shape index (κ2) is 5.74. The van der Waals surface area contributed by atoms with E-state index in [9.17, 15) is 4.79 Å². The monoisotopic (exact) mass is 192 g/mol. The van der Waals surface area contributed by atoms with Crippen LogP contribution in [0.3, 0.4) is 0 Å². The van der Waals surface area contributed by atoms with E-state index in [1.165, 1.54) is 0 Å². The van der Waals surface area contributed by atoms with E-state index in [1.54, 1.807) is 27.7 Å². The van der Waals surface area contributed by atoms with E-state index >= 15 is 0 Å². The van der Waals surface area contributed by atoms with Crippen molar-refractivity contribution >= 4 is 6.09 Å². The number of hydrazine groups is 1. The van der Waals surface area contributed by atoms with E-state index in [4.69, 9.17) is 14.8 Å². The van der Waals surface area contributed by atoms with Crippen molar-refractivity contribution in [3.8, 4) is 0 Å². The number of amides is 1. The fourth-order valence-electron chi connectivity index (χ4n) is 0.539. The smallest absolute Gasteiger partial charge is 0.423 e. The van der Waals surface area contributed by atoms with Gasteiger partial charge in [0, 0.05) is 5.34 Å². The largest absolute Gasteiger partial charge is 0.464 e. The lowest BCUT2D eigenvalue weighted by molar-refractivity contribution is -0.414. The molecule has 1 amide bonds. The molecule has 0 aromatic rings. The van der Waals surface area contributed by atoms with Crippen molar-refractivity contribution in [3.05, 3.63) is 0 Å². The zero-order valence-electron chi connectivity index (χ0n) is 8.27. The predicted molar refractivity (Wildman–Crippen MR) is 45.4 cm³/mol. The predicted octanol–water partition coefficient (Wildman–Crippen LogP) is 1.15. The zero-order valence-corrected chi connectivity index (χ0v) is 8.27. The summed E-state index contributed by atoms with van der Waals surface area (Å²) in [6.45, 7) is 7.06. The second-order valence-corrected chi connectivity index (χ2v) is 2.98. The van der Waals surface area contributed by atoms with Gasteiger partial charge in [-0.2, -0.15) is 0 Å². The van der Waals surface area contributed by atoms with E-state index in [0.717, 1.165) is 5.34 Å². The van der Waals surface area contributed by atoms with Gasteiger partial charge in [0.2, 0.25) is 0 Å². The molecule has 0 aromatic carbocycles. The Morgan fingerprint density at radius 3 is 1.85 bits per heavy atom. The molecule has 0 unspecified atom stereocenters. The fraction of sp³-hybridized carbons (Fsp3) is 0.857. The average molecular weight is 192 g/mol. The van der Waals surface area contributed by atoms with Crippen molar-refractivity contribution in [3.63, 3.8) is 0 Å². The highest BCUT2D eigenvalue weighted by Crippen LogP contribution is 1.98. The van der Waals surface area contributed by atoms with Gasteiger partial charge in [-0.25, -0.2) is 10.2 Å². The van der Waals surface area contributed by atoms with Crippen LogP contribution in [0, 0.1) is 0 Å². The fourth-order valence-corrected chi connectivity index (χ4v) is 0.539. The summed E-state index contributed by atoms with van der Waals surface area (Å²) >= 11 is 0. The highest BCUT2D eigenvalue weighted by Gasteiger charge is 2.12. The molecule has 6 heteroatoms. The third-order valence-corrected chi connectivity index (χ3v) is 0.800. The Kier molecular flexibility index (Phi) is 5.36. The topological polar surface area (TPSA) is 71.0 Å². The van der Waals surface area contributed by atoms with Crippen molar-refractivity contribution in [1.29, 1.82) is 0 Å². The number of rotatable bonds is 5. The van der Waals surface area contributed by atoms with Crippen molar-refractivity contribution < 1.29 is 19.6 Å². The molecule has 2 N–H and O–H groups in total. The molecule has 0 aliphatic rings. The van der Waals surface area contributed by atoms with Gasteiger partial charge in [0.05, 0.1) is 12.2 Å². The first-order chi connectivity index (χ1) is 5.91. The van der Waals surface area contributed by atoms with Gasteiger partial charge in [0.15, 0.2) is 0 Å². The molecule has 0 aromatic heterocycles. The molecular weight excluding hydrogens is 176 g/mol. The van der Waals surface area contributed by atoms with Crippen LogP contribution in [0.2, 0.25) is 0 Å². The van der Waals surface area contributed by atoms with Crippen molar-refractivity contribution in [2.75, 3.05) is 0 Å². The Balaban J connectivity index is 3.95. The number of carboxylic acid groups (broad SMARTS) is 1. The van der Waals surface area contributed by atoms with Gasteiger partial charge >= 0.3 is 6.09 Å². The van der Waals surface area contributed by atoms with Gasteiger partial charge in [-0.3, -0.25) is 9.68 Å². The summed E-state index contributed by atoms with van der Waals surface area (Å²) in [5, 5.41) is 9.14. The van der Waals surface area contributed by atoms with Gasteiger partial charge in [-0.15, -0.1) is 0 Å². The Morgan fingerprint density at radius 2 is 1.62 bits per heavy atom. The molecule has 0 aliphatic carbocycles. The highest BCUT2D eigenvalue weighted by molar-refractivity contribution is 5.63. The lowest BCUT2D eigenvalue weighted by atomic mass is 10.5. The molecule has 0 aliphatic heterocycles. The summed E-state index contributed by atoms with van der Waals surface area (Å²) in [5.74, 6) is 0. The number of hydrogen-bond donors (Lipinski definition) is 2. The first-order valence-electron chi connectivity index (χ1n) is 4.05. The molecule has 0 fully saturated rings. The molecule has 0 saturated carbocycles. The Hall–Kier alpha value is -0.850. The lowest BCUT2D eigenvalue weighted by Crippen LogP contribution is -2.44. The zero-order chi connectivity index (χ0) is 10.4. The quantitative estimate of drug-likeness (QED) is 0.639. The summed E-state index contributed by atoms with van der Waals surface area (Å²) in [4.78, 5) is 20.2. The summed E-state index contributed by atoms with van der Waals surface area (Å²) in [5.41, 5.74) is 1.95. The standard InChI is InChI=1S/C7H16N2O4/c1-5(2)12-9(8-7(10)11)13-6(3)4/h5-6,8H,1-4H3,(H,10,11). The van der Waals surface area contributed by atoms with Crippen LogP contribution >= 0.6 is 0 Å². The molecule has 0 radical (unpaired) electrons. The van der Waals surface area contributed by atoms with Crippen LogP contribution in [0.5, 0.6) is 0 Å². The molecule has 0 saturated heterocycles. The van der Waals surface area contributed by atoms with E-state index in [1.807, 2.05) is 5.43 Å². The molecule has 0 heterocycles. The van der Waals surface area contributed by atoms with Gasteiger partial charge < -0.3 is 5.11 Å². The normalized spacial score (nSPS) is 11.3. The highest BCUT2D eigenvalue weighted by atomic mass is 17.0. The molecule has 78 valence electrons. The third kappa shape index (κ3) is 7.51. The summed E-state index contributed by atoms with van der Waals surface area (Å²) in [7, 11) is 0. The maximum atomic E-state index is 10.3. The number of nitrogens with one attached hydrogen (secondary N) is 1. The van der Waals surface area contributed by atoms with Crippen LogP contribution in [0.1, 0.15) is 27.7 Å². The van der Waals surface area contributed by atoms with Crippen molar-refractivity contribution in [2.24, 2.45) is 0 Å². The first kappa shape index (κ1) is 12.2. The van der Waals surface area contributed by atoms with Crippen molar-refractivity contribution in [2.45, 2.75) is 39.9 Å². The Labute approximate surface area is 77.3 Å². The molecule has 0 bridgehead atoms. The summed E-state index contributed by atoms with van der Waals surface area (Å²) < 4.78 is 0. The third-order valence-electron chi connectivity index (χ3n) is 0.800. The maximum absolute atomic E-state index is 10.3. The van der Waals surface area contributed by atoms with Crippen LogP contribution in [-0.2, 0) is 9.68 Å². The SMILES string of the molecule is CC(C)ON(NC(=O)O)OC(C)C. The van der Waals surface area contributed by atoms with E-state index < -0.39 is 6.09 Å². The average Bonchev–Trinajstić information content (AvgIpc) is 1.80. The van der Waals surface area contributed by atoms with Crippen LogP contribution in [0.25, 0.3) is 0 Å². The van der Waals surface area contributed by atoms with Crippen LogP contribution in [0.15, 0.2) is 0 Å². The minimum absolute atomic E-state index is 0.161. The molecule has 0 atom stereocenters.